The molecule has 6 nitrogen and oxygen atoms in total. The van der Waals surface area contributed by atoms with Gasteiger partial charge < -0.3 is 21.1 Å². The second-order valence-electron chi connectivity index (χ2n) is 4.62. The first-order valence-corrected chi connectivity index (χ1v) is 6.66. The molecule has 0 spiro atoms. The van der Waals surface area contributed by atoms with Crippen LogP contribution in [-0.4, -0.2) is 31.7 Å². The number of ether oxygens (including phenoxy) is 1. The summed E-state index contributed by atoms with van der Waals surface area (Å²) in [6.07, 6.45) is 0.958. The van der Waals surface area contributed by atoms with Gasteiger partial charge in [0.25, 0.3) is 0 Å². The maximum Gasteiger partial charge on any atom is 0.319 e. The minimum atomic E-state index is -0.604. The first kappa shape index (κ1) is 14.6. The van der Waals surface area contributed by atoms with E-state index in [1.54, 1.807) is 6.07 Å². The molecule has 1 aromatic rings. The summed E-state index contributed by atoms with van der Waals surface area (Å²) >= 11 is 5.90. The first-order chi connectivity index (χ1) is 9.56. The smallest absolute Gasteiger partial charge is 0.319 e. The number of nitrogens with one attached hydrogen (secondary N) is 2. The maximum atomic E-state index is 11.7. The van der Waals surface area contributed by atoms with Crippen LogP contribution in [0.5, 0.6) is 0 Å². The Hall–Kier alpha value is -1.79. The fourth-order valence-corrected chi connectivity index (χ4v) is 2.22. The van der Waals surface area contributed by atoms with E-state index in [4.69, 9.17) is 22.1 Å². The van der Waals surface area contributed by atoms with E-state index in [-0.39, 0.29) is 16.6 Å². The van der Waals surface area contributed by atoms with Crippen molar-refractivity contribution in [2.24, 2.45) is 11.7 Å². The van der Waals surface area contributed by atoms with Gasteiger partial charge in [-0.05, 0) is 24.6 Å². The summed E-state index contributed by atoms with van der Waals surface area (Å²) in [5.41, 5.74) is 5.87. The number of nitrogens with two attached hydrogens (primary N) is 1. The zero-order valence-corrected chi connectivity index (χ0v) is 11.6. The highest BCUT2D eigenvalue weighted by Crippen LogP contribution is 2.20. The molecule has 7 heteroatoms. The van der Waals surface area contributed by atoms with Crippen LogP contribution in [0.2, 0.25) is 5.02 Å². The lowest BCUT2D eigenvalue weighted by Crippen LogP contribution is -2.33. The molecule has 1 aliphatic heterocycles. The lowest BCUT2D eigenvalue weighted by Gasteiger charge is -2.11. The van der Waals surface area contributed by atoms with Crippen molar-refractivity contribution < 1.29 is 14.3 Å². The minimum absolute atomic E-state index is 0.208. The van der Waals surface area contributed by atoms with Crippen molar-refractivity contribution in [2.45, 2.75) is 6.42 Å². The van der Waals surface area contributed by atoms with E-state index in [1.807, 2.05) is 0 Å². The number of benzene rings is 1. The Morgan fingerprint density at radius 1 is 1.45 bits per heavy atom. The molecule has 0 radical (unpaired) electrons. The summed E-state index contributed by atoms with van der Waals surface area (Å²) in [7, 11) is 0. The van der Waals surface area contributed by atoms with Crippen molar-refractivity contribution in [3.05, 3.63) is 28.8 Å². The van der Waals surface area contributed by atoms with Crippen LogP contribution in [0.25, 0.3) is 0 Å². The topological polar surface area (TPSA) is 93.5 Å². The largest absolute Gasteiger partial charge is 0.381 e. The number of anilines is 1. The van der Waals surface area contributed by atoms with Crippen LogP contribution < -0.4 is 16.4 Å². The van der Waals surface area contributed by atoms with E-state index >= 15 is 0 Å². The van der Waals surface area contributed by atoms with Gasteiger partial charge in [0.2, 0.25) is 5.91 Å². The van der Waals surface area contributed by atoms with Crippen LogP contribution in [0.15, 0.2) is 18.2 Å². The van der Waals surface area contributed by atoms with E-state index in [0.29, 0.717) is 24.8 Å². The average Bonchev–Trinajstić information content (AvgIpc) is 2.89. The van der Waals surface area contributed by atoms with E-state index in [1.165, 1.54) is 12.1 Å². The molecule has 0 aliphatic carbocycles. The Labute approximate surface area is 121 Å². The molecular weight excluding hydrogens is 282 g/mol. The Balaban J connectivity index is 1.87. The minimum Gasteiger partial charge on any atom is -0.381 e. The quantitative estimate of drug-likeness (QED) is 0.788. The summed E-state index contributed by atoms with van der Waals surface area (Å²) < 4.78 is 5.23. The number of halogens is 1. The van der Waals surface area contributed by atoms with Crippen LogP contribution >= 0.6 is 11.6 Å². The van der Waals surface area contributed by atoms with Gasteiger partial charge in [-0.25, -0.2) is 4.79 Å². The highest BCUT2D eigenvalue weighted by molar-refractivity contribution is 6.34. The van der Waals surface area contributed by atoms with E-state index in [0.717, 1.165) is 13.0 Å². The van der Waals surface area contributed by atoms with Crippen LogP contribution in [-0.2, 0) is 4.74 Å². The number of primary amides is 1. The summed E-state index contributed by atoms with van der Waals surface area (Å²) in [5.74, 6) is -0.242. The van der Waals surface area contributed by atoms with Gasteiger partial charge in [-0.15, -0.1) is 0 Å². The molecule has 0 unspecified atom stereocenters. The molecule has 1 aromatic carbocycles. The van der Waals surface area contributed by atoms with Crippen molar-refractivity contribution in [1.82, 2.24) is 5.32 Å². The standard InChI is InChI=1S/C13H16ClN3O3/c14-11-5-9(1-2-10(11)12(15)18)17-13(19)16-6-8-3-4-20-7-8/h1-2,5,8H,3-4,6-7H2,(H2,15,18)(H2,16,17,19)/t8-/m1/s1. The molecule has 1 fully saturated rings. The van der Waals surface area contributed by atoms with Gasteiger partial charge in [0.1, 0.15) is 0 Å². The average molecular weight is 298 g/mol. The molecule has 0 bridgehead atoms. The van der Waals surface area contributed by atoms with Crippen molar-refractivity contribution in [2.75, 3.05) is 25.1 Å². The third kappa shape index (κ3) is 3.85. The van der Waals surface area contributed by atoms with E-state index < -0.39 is 5.91 Å². The molecule has 0 aromatic heterocycles. The Bertz CT molecular complexity index is 516. The molecule has 20 heavy (non-hydrogen) atoms. The fourth-order valence-electron chi connectivity index (χ4n) is 1.95. The SMILES string of the molecule is NC(=O)c1ccc(NC(=O)NC[C@H]2CCOC2)cc1Cl. The van der Waals surface area contributed by atoms with Crippen LogP contribution in [0.1, 0.15) is 16.8 Å². The highest BCUT2D eigenvalue weighted by Gasteiger charge is 2.16. The number of rotatable bonds is 4. The summed E-state index contributed by atoms with van der Waals surface area (Å²) in [5, 5.41) is 5.62. The van der Waals surface area contributed by atoms with Crippen molar-refractivity contribution >= 4 is 29.2 Å². The summed E-state index contributed by atoms with van der Waals surface area (Å²) in [6, 6.07) is 4.22. The fraction of sp³-hybridized carbons (Fsp3) is 0.385. The molecule has 1 atom stereocenters. The Morgan fingerprint density at radius 3 is 2.85 bits per heavy atom. The van der Waals surface area contributed by atoms with Crippen molar-refractivity contribution in [3.8, 4) is 0 Å². The maximum absolute atomic E-state index is 11.7. The number of hydrogen-bond donors (Lipinski definition) is 3. The first-order valence-electron chi connectivity index (χ1n) is 6.28. The van der Waals surface area contributed by atoms with Gasteiger partial charge in [0.15, 0.2) is 0 Å². The summed E-state index contributed by atoms with van der Waals surface area (Å²) in [6.45, 7) is 2.00. The number of hydrogen-bond acceptors (Lipinski definition) is 3. The lowest BCUT2D eigenvalue weighted by atomic mass is 10.1. The van der Waals surface area contributed by atoms with Gasteiger partial charge >= 0.3 is 6.03 Å². The normalized spacial score (nSPS) is 17.8. The molecule has 1 aliphatic rings. The van der Waals surface area contributed by atoms with E-state index in [9.17, 15) is 9.59 Å². The molecule has 3 amide bonds. The Morgan fingerprint density at radius 2 is 2.25 bits per heavy atom. The van der Waals surface area contributed by atoms with Gasteiger partial charge in [-0.2, -0.15) is 0 Å². The highest BCUT2D eigenvalue weighted by atomic mass is 35.5. The molecule has 1 heterocycles. The second-order valence-corrected chi connectivity index (χ2v) is 5.03. The second kappa shape index (κ2) is 6.58. The molecular formula is C13H16ClN3O3. The van der Waals surface area contributed by atoms with Crippen LogP contribution in [0, 0.1) is 5.92 Å². The molecule has 108 valence electrons. The van der Waals surface area contributed by atoms with Gasteiger partial charge in [-0.1, -0.05) is 11.6 Å². The number of urea groups is 1. The third-order valence-electron chi connectivity index (χ3n) is 3.07. The van der Waals surface area contributed by atoms with E-state index in [2.05, 4.69) is 10.6 Å². The predicted octanol–water partition coefficient (Wildman–Crippen LogP) is 1.60. The number of amides is 3. The number of carbonyl (C=O) groups is 2. The van der Waals surface area contributed by atoms with Gasteiger partial charge in [-0.3, -0.25) is 4.79 Å². The lowest BCUT2D eigenvalue weighted by molar-refractivity contribution is 0.100. The predicted molar refractivity (Wildman–Crippen MR) is 75.9 cm³/mol. The monoisotopic (exact) mass is 297 g/mol. The van der Waals surface area contributed by atoms with Crippen molar-refractivity contribution in [1.29, 1.82) is 0 Å². The third-order valence-corrected chi connectivity index (χ3v) is 3.38. The number of carbonyl (C=O) groups excluding carboxylic acids is 2. The van der Waals surface area contributed by atoms with Crippen molar-refractivity contribution in [3.63, 3.8) is 0 Å². The van der Waals surface area contributed by atoms with Crippen LogP contribution in [0.4, 0.5) is 10.5 Å². The molecule has 4 N–H and O–H groups in total. The summed E-state index contributed by atoms with van der Waals surface area (Å²) in [4.78, 5) is 22.7. The molecule has 0 saturated carbocycles. The Kier molecular flexibility index (Phi) is 4.81. The zero-order valence-electron chi connectivity index (χ0n) is 10.8. The van der Waals surface area contributed by atoms with Gasteiger partial charge in [0.05, 0.1) is 17.2 Å². The van der Waals surface area contributed by atoms with Crippen LogP contribution in [0.3, 0.4) is 0 Å². The van der Waals surface area contributed by atoms with Gasteiger partial charge in [0, 0.05) is 24.8 Å². The molecule has 2 rings (SSSR count). The zero-order chi connectivity index (χ0) is 14.5. The molecule has 1 saturated heterocycles.